The zero-order valence-electron chi connectivity index (χ0n) is 16.9. The van der Waals surface area contributed by atoms with Crippen LogP contribution < -0.4 is 9.75 Å². The van der Waals surface area contributed by atoms with Crippen molar-refractivity contribution in [2.45, 2.75) is 13.5 Å². The third-order valence-corrected chi connectivity index (χ3v) is 4.84. The van der Waals surface area contributed by atoms with Crippen molar-refractivity contribution in [2.24, 2.45) is 5.10 Å². The quantitative estimate of drug-likeness (QED) is 0.592. The van der Waals surface area contributed by atoms with E-state index in [-0.39, 0.29) is 11.5 Å². The van der Waals surface area contributed by atoms with Gasteiger partial charge in [0.25, 0.3) is 5.91 Å². The Hall–Kier alpha value is -4.19. The van der Waals surface area contributed by atoms with Crippen LogP contribution in [-0.2, 0) is 11.4 Å². The predicted molar refractivity (Wildman–Crippen MR) is 119 cm³/mol. The van der Waals surface area contributed by atoms with Crippen LogP contribution in [0, 0.1) is 0 Å². The van der Waals surface area contributed by atoms with E-state index in [0.717, 1.165) is 16.9 Å². The Labute approximate surface area is 179 Å². The molecule has 0 saturated carbocycles. The highest BCUT2D eigenvalue weighted by Crippen LogP contribution is 2.26. The van der Waals surface area contributed by atoms with Gasteiger partial charge in [-0.25, -0.2) is 4.79 Å². The lowest BCUT2D eigenvalue weighted by molar-refractivity contribution is -0.114. The van der Waals surface area contributed by atoms with E-state index in [9.17, 15) is 14.7 Å². The summed E-state index contributed by atoms with van der Waals surface area (Å²) in [5, 5.41) is 14.7. The number of benzene rings is 3. The molecule has 4 rings (SSSR count). The number of amides is 1. The molecular weight excluding hydrogens is 392 g/mol. The van der Waals surface area contributed by atoms with Crippen LogP contribution in [0.2, 0.25) is 0 Å². The van der Waals surface area contributed by atoms with E-state index in [4.69, 9.17) is 4.74 Å². The summed E-state index contributed by atoms with van der Waals surface area (Å²) in [5.74, 6) is -0.620. The first-order valence-corrected chi connectivity index (χ1v) is 9.73. The van der Waals surface area contributed by atoms with Crippen molar-refractivity contribution >= 4 is 29.4 Å². The highest BCUT2D eigenvalue weighted by Gasteiger charge is 2.29. The lowest BCUT2D eigenvalue weighted by Crippen LogP contribution is -2.21. The van der Waals surface area contributed by atoms with Gasteiger partial charge in [0.15, 0.2) is 0 Å². The number of nitrogens with zero attached hydrogens (tertiary/aromatic N) is 2. The summed E-state index contributed by atoms with van der Waals surface area (Å²) in [6.45, 7) is 2.23. The SMILES string of the molecule is CC1=NN(c2cccc(C(=O)O)c2)C(=O)/C1=C\c1ccc(OCc2ccccc2)cc1. The maximum absolute atomic E-state index is 12.9. The minimum Gasteiger partial charge on any atom is -0.489 e. The second-order valence-corrected chi connectivity index (χ2v) is 7.06. The summed E-state index contributed by atoms with van der Waals surface area (Å²) >= 11 is 0. The lowest BCUT2D eigenvalue weighted by Gasteiger charge is -2.12. The molecule has 1 aliphatic heterocycles. The zero-order chi connectivity index (χ0) is 21.8. The van der Waals surface area contributed by atoms with Crippen LogP contribution >= 0.6 is 0 Å². The summed E-state index contributed by atoms with van der Waals surface area (Å²) in [7, 11) is 0. The molecule has 3 aromatic carbocycles. The molecule has 6 heteroatoms. The average molecular weight is 412 g/mol. The maximum atomic E-state index is 12.9. The Kier molecular flexibility index (Phi) is 5.62. The Balaban J connectivity index is 1.48. The van der Waals surface area contributed by atoms with Crippen molar-refractivity contribution < 1.29 is 19.4 Å². The van der Waals surface area contributed by atoms with Gasteiger partial charge in [0.1, 0.15) is 12.4 Å². The molecule has 6 nitrogen and oxygen atoms in total. The Bertz CT molecular complexity index is 1180. The van der Waals surface area contributed by atoms with E-state index in [1.165, 1.54) is 17.1 Å². The van der Waals surface area contributed by atoms with Gasteiger partial charge in [-0.2, -0.15) is 10.1 Å². The molecule has 0 unspecified atom stereocenters. The molecule has 0 aromatic heterocycles. The highest BCUT2D eigenvalue weighted by atomic mass is 16.5. The molecule has 31 heavy (non-hydrogen) atoms. The van der Waals surface area contributed by atoms with Gasteiger partial charge < -0.3 is 9.84 Å². The largest absolute Gasteiger partial charge is 0.489 e. The van der Waals surface area contributed by atoms with Crippen molar-refractivity contribution in [1.82, 2.24) is 0 Å². The van der Waals surface area contributed by atoms with Crippen LogP contribution in [0.5, 0.6) is 5.75 Å². The molecule has 0 bridgehead atoms. The first kappa shape index (κ1) is 20.1. The molecule has 0 fully saturated rings. The van der Waals surface area contributed by atoms with E-state index >= 15 is 0 Å². The number of anilines is 1. The zero-order valence-corrected chi connectivity index (χ0v) is 16.9. The fourth-order valence-electron chi connectivity index (χ4n) is 3.20. The standard InChI is InChI=1S/C25H20N2O4/c1-17-23(24(28)27(26-17)21-9-5-8-20(15-21)25(29)30)14-18-10-12-22(13-11-18)31-16-19-6-3-2-4-7-19/h2-15H,16H2,1H3,(H,29,30)/b23-14-. The van der Waals surface area contributed by atoms with Gasteiger partial charge in [-0.05, 0) is 54.5 Å². The van der Waals surface area contributed by atoms with Gasteiger partial charge >= 0.3 is 5.97 Å². The highest BCUT2D eigenvalue weighted by molar-refractivity contribution is 6.32. The van der Waals surface area contributed by atoms with Gasteiger partial charge in [0.05, 0.1) is 22.5 Å². The van der Waals surface area contributed by atoms with Crippen LogP contribution in [0.15, 0.2) is 89.5 Å². The Morgan fingerprint density at radius 2 is 1.77 bits per heavy atom. The van der Waals surface area contributed by atoms with Crippen molar-refractivity contribution in [1.29, 1.82) is 0 Å². The molecule has 1 amide bonds. The van der Waals surface area contributed by atoms with Crippen LogP contribution in [0.4, 0.5) is 5.69 Å². The summed E-state index contributed by atoms with van der Waals surface area (Å²) in [5.41, 5.74) is 3.46. The molecule has 0 atom stereocenters. The number of carbonyl (C=O) groups is 2. The number of ether oxygens (including phenoxy) is 1. The van der Waals surface area contributed by atoms with E-state index in [0.29, 0.717) is 23.6 Å². The summed E-state index contributed by atoms with van der Waals surface area (Å²) in [6.07, 6.45) is 1.77. The fraction of sp³-hybridized carbons (Fsp3) is 0.0800. The number of carbonyl (C=O) groups excluding carboxylic acids is 1. The monoisotopic (exact) mass is 412 g/mol. The first-order chi connectivity index (χ1) is 15.0. The van der Waals surface area contributed by atoms with Crippen LogP contribution in [-0.4, -0.2) is 22.7 Å². The molecule has 1 N–H and O–H groups in total. The van der Waals surface area contributed by atoms with Crippen molar-refractivity contribution in [2.75, 3.05) is 5.01 Å². The van der Waals surface area contributed by atoms with E-state index < -0.39 is 5.97 Å². The molecule has 0 spiro atoms. The number of hydrogen-bond donors (Lipinski definition) is 1. The molecule has 0 radical (unpaired) electrons. The van der Waals surface area contributed by atoms with Crippen LogP contribution in [0.25, 0.3) is 6.08 Å². The topological polar surface area (TPSA) is 79.2 Å². The molecule has 3 aromatic rings. The first-order valence-electron chi connectivity index (χ1n) is 9.73. The Morgan fingerprint density at radius 3 is 2.48 bits per heavy atom. The van der Waals surface area contributed by atoms with E-state index in [1.54, 1.807) is 25.1 Å². The normalized spacial score (nSPS) is 14.6. The third-order valence-electron chi connectivity index (χ3n) is 4.84. The summed E-state index contributed by atoms with van der Waals surface area (Å²) < 4.78 is 5.80. The summed E-state index contributed by atoms with van der Waals surface area (Å²) in [6, 6.07) is 23.5. The van der Waals surface area contributed by atoms with Gasteiger partial charge in [-0.3, -0.25) is 4.79 Å². The minimum absolute atomic E-state index is 0.0988. The predicted octanol–water partition coefficient (Wildman–Crippen LogP) is 4.77. The van der Waals surface area contributed by atoms with Crippen LogP contribution in [0.3, 0.4) is 0 Å². The molecule has 1 heterocycles. The van der Waals surface area contributed by atoms with Crippen molar-refractivity contribution in [3.05, 3.63) is 101 Å². The number of aromatic carboxylic acids is 1. The van der Waals surface area contributed by atoms with E-state index in [1.807, 2.05) is 54.6 Å². The number of hydrazone groups is 1. The van der Waals surface area contributed by atoms with Gasteiger partial charge in [0.2, 0.25) is 0 Å². The minimum atomic E-state index is -1.06. The number of hydrogen-bond acceptors (Lipinski definition) is 4. The van der Waals surface area contributed by atoms with Crippen LogP contribution in [0.1, 0.15) is 28.4 Å². The molecule has 154 valence electrons. The van der Waals surface area contributed by atoms with Gasteiger partial charge in [0, 0.05) is 0 Å². The van der Waals surface area contributed by atoms with Crippen molar-refractivity contribution in [3.8, 4) is 5.75 Å². The number of carboxylic acids is 1. The lowest BCUT2D eigenvalue weighted by atomic mass is 10.1. The molecule has 0 aliphatic carbocycles. The number of rotatable bonds is 6. The van der Waals surface area contributed by atoms with Crippen molar-refractivity contribution in [3.63, 3.8) is 0 Å². The average Bonchev–Trinajstić information content (AvgIpc) is 3.07. The van der Waals surface area contributed by atoms with Gasteiger partial charge in [-0.1, -0.05) is 48.5 Å². The molecular formula is C25H20N2O4. The smallest absolute Gasteiger partial charge is 0.335 e. The maximum Gasteiger partial charge on any atom is 0.335 e. The summed E-state index contributed by atoms with van der Waals surface area (Å²) in [4.78, 5) is 24.1. The number of carboxylic acid groups (broad SMARTS) is 1. The second kappa shape index (κ2) is 8.67. The van der Waals surface area contributed by atoms with Gasteiger partial charge in [-0.15, -0.1) is 0 Å². The Morgan fingerprint density at radius 1 is 1.03 bits per heavy atom. The third kappa shape index (κ3) is 4.53. The second-order valence-electron chi connectivity index (χ2n) is 7.06. The molecule has 1 aliphatic rings. The fourth-order valence-corrected chi connectivity index (χ4v) is 3.20. The van der Waals surface area contributed by atoms with E-state index in [2.05, 4.69) is 5.10 Å². The molecule has 0 saturated heterocycles.